The van der Waals surface area contributed by atoms with Gasteiger partial charge in [0.15, 0.2) is 0 Å². The van der Waals surface area contributed by atoms with E-state index in [-0.39, 0.29) is 0 Å². The molecule has 0 saturated carbocycles. The fourth-order valence-corrected chi connectivity index (χ4v) is 3.67. The Bertz CT molecular complexity index is 1130. The normalized spacial score (nSPS) is 11.5. The molecule has 4 aromatic rings. The van der Waals surface area contributed by atoms with E-state index in [4.69, 9.17) is 4.74 Å². The van der Waals surface area contributed by atoms with E-state index in [1.54, 1.807) is 7.11 Å². The van der Waals surface area contributed by atoms with Crippen molar-refractivity contribution in [3.63, 3.8) is 0 Å². The molecule has 0 bridgehead atoms. The van der Waals surface area contributed by atoms with E-state index in [0.29, 0.717) is 0 Å². The molecule has 2 heterocycles. The number of ether oxygens (including phenoxy) is 1. The summed E-state index contributed by atoms with van der Waals surface area (Å²) in [6.07, 6.45) is 1.84. The molecule has 0 atom stereocenters. The molecule has 2 aromatic heterocycles. The van der Waals surface area contributed by atoms with E-state index in [1.165, 1.54) is 11.3 Å². The van der Waals surface area contributed by atoms with Crippen LogP contribution in [-0.2, 0) is 0 Å². The van der Waals surface area contributed by atoms with Crippen molar-refractivity contribution in [2.24, 2.45) is 5.10 Å². The van der Waals surface area contributed by atoms with E-state index in [0.717, 1.165) is 44.8 Å². The van der Waals surface area contributed by atoms with E-state index in [2.05, 4.69) is 20.6 Å². The number of hydrogen-bond donors (Lipinski definition) is 1. The second-order valence-electron chi connectivity index (χ2n) is 6.47. The lowest BCUT2D eigenvalue weighted by Gasteiger charge is -2.05. The zero-order valence-corrected chi connectivity index (χ0v) is 17.3. The van der Waals surface area contributed by atoms with Crippen LogP contribution in [0.15, 0.2) is 71.3 Å². The van der Waals surface area contributed by atoms with Gasteiger partial charge in [-0.2, -0.15) is 10.2 Å². The molecule has 146 valence electrons. The Morgan fingerprint density at radius 3 is 2.59 bits per heavy atom. The highest BCUT2D eigenvalue weighted by molar-refractivity contribution is 7.14. The van der Waals surface area contributed by atoms with Gasteiger partial charge in [-0.1, -0.05) is 18.2 Å². The van der Waals surface area contributed by atoms with E-state index < -0.39 is 0 Å². The van der Waals surface area contributed by atoms with Crippen LogP contribution in [0, 0.1) is 6.92 Å². The predicted molar refractivity (Wildman–Crippen MR) is 118 cm³/mol. The van der Waals surface area contributed by atoms with Gasteiger partial charge in [0.2, 0.25) is 5.13 Å². The van der Waals surface area contributed by atoms with Crippen LogP contribution in [-0.4, -0.2) is 27.6 Å². The summed E-state index contributed by atoms with van der Waals surface area (Å²) in [5, 5.41) is 11.8. The highest BCUT2D eigenvalue weighted by Gasteiger charge is 2.11. The number of para-hydroxylation sites is 1. The molecule has 0 spiro atoms. The first kappa shape index (κ1) is 18.9. The maximum Gasteiger partial charge on any atom is 0.203 e. The van der Waals surface area contributed by atoms with Crippen molar-refractivity contribution in [3.8, 4) is 22.7 Å². The minimum atomic E-state index is 0.739. The number of nitrogens with zero attached hydrogens (tertiary/aromatic N) is 4. The number of benzene rings is 2. The molecule has 4 rings (SSSR count). The summed E-state index contributed by atoms with van der Waals surface area (Å²) < 4.78 is 7.12. The summed E-state index contributed by atoms with van der Waals surface area (Å²) in [4.78, 5) is 4.62. The Labute approximate surface area is 173 Å². The molecule has 0 saturated heterocycles. The van der Waals surface area contributed by atoms with E-state index in [1.807, 2.05) is 84.7 Å². The Hall–Kier alpha value is -3.45. The first-order valence-electron chi connectivity index (χ1n) is 9.16. The minimum Gasteiger partial charge on any atom is -0.497 e. The fourth-order valence-electron chi connectivity index (χ4n) is 3.01. The van der Waals surface area contributed by atoms with Gasteiger partial charge in [0.05, 0.1) is 36.1 Å². The average Bonchev–Trinajstić information content (AvgIpc) is 3.39. The highest BCUT2D eigenvalue weighted by atomic mass is 32.1. The van der Waals surface area contributed by atoms with Gasteiger partial charge in [0.25, 0.3) is 0 Å². The number of rotatable bonds is 6. The van der Waals surface area contributed by atoms with Gasteiger partial charge in [-0.05, 0) is 50.2 Å². The number of aromatic nitrogens is 3. The summed E-state index contributed by atoms with van der Waals surface area (Å²) in [7, 11) is 1.66. The largest absolute Gasteiger partial charge is 0.497 e. The van der Waals surface area contributed by atoms with Gasteiger partial charge >= 0.3 is 0 Å². The molecule has 0 unspecified atom stereocenters. The SMILES string of the molecule is COc1ccc(-c2csc(N/N=C(\C)c3cnn(-c4ccccc4)c3C)n2)cc1. The van der Waals surface area contributed by atoms with Crippen LogP contribution in [0.3, 0.4) is 0 Å². The minimum absolute atomic E-state index is 0.739. The van der Waals surface area contributed by atoms with Crippen LogP contribution in [0.1, 0.15) is 18.2 Å². The van der Waals surface area contributed by atoms with Crippen LogP contribution in [0.5, 0.6) is 5.75 Å². The molecule has 1 N–H and O–H groups in total. The van der Waals surface area contributed by atoms with E-state index >= 15 is 0 Å². The van der Waals surface area contributed by atoms with Crippen LogP contribution >= 0.6 is 11.3 Å². The van der Waals surface area contributed by atoms with Crippen LogP contribution in [0.25, 0.3) is 16.9 Å². The predicted octanol–water partition coefficient (Wildman–Crippen LogP) is 5.15. The number of hydrazone groups is 1. The van der Waals surface area contributed by atoms with Crippen molar-refractivity contribution < 1.29 is 4.74 Å². The Balaban J connectivity index is 1.50. The van der Waals surface area contributed by atoms with Crippen LogP contribution in [0.4, 0.5) is 5.13 Å². The summed E-state index contributed by atoms with van der Waals surface area (Å²) in [6, 6.07) is 17.9. The molecule has 2 aromatic carbocycles. The zero-order valence-electron chi connectivity index (χ0n) is 16.5. The quantitative estimate of drug-likeness (QED) is 0.357. The molecular weight excluding hydrogens is 382 g/mol. The lowest BCUT2D eigenvalue weighted by atomic mass is 10.2. The molecule has 6 nitrogen and oxygen atoms in total. The summed E-state index contributed by atoms with van der Waals surface area (Å²) in [5.41, 5.74) is 8.92. The smallest absolute Gasteiger partial charge is 0.203 e. The van der Waals surface area contributed by atoms with Crippen molar-refractivity contribution >= 4 is 22.2 Å². The molecule has 7 heteroatoms. The molecule has 0 radical (unpaired) electrons. The lowest BCUT2D eigenvalue weighted by Crippen LogP contribution is -2.03. The Morgan fingerprint density at radius 1 is 1.10 bits per heavy atom. The standard InChI is InChI=1S/C22H21N5OS/c1-15(20-13-23-27(16(20)2)18-7-5-4-6-8-18)25-26-22-24-21(14-29-22)17-9-11-19(28-3)12-10-17/h4-14H,1-3H3,(H,24,26)/b25-15+. The third-order valence-electron chi connectivity index (χ3n) is 4.61. The summed E-state index contributed by atoms with van der Waals surface area (Å²) in [5.74, 6) is 0.828. The molecule has 0 amide bonds. The summed E-state index contributed by atoms with van der Waals surface area (Å²) in [6.45, 7) is 4.00. The lowest BCUT2D eigenvalue weighted by molar-refractivity contribution is 0.415. The number of methoxy groups -OCH3 is 1. The van der Waals surface area contributed by atoms with Crippen molar-refractivity contribution in [1.82, 2.24) is 14.8 Å². The third-order valence-corrected chi connectivity index (χ3v) is 5.36. The number of hydrogen-bond acceptors (Lipinski definition) is 6. The molecular formula is C22H21N5OS. The van der Waals surface area contributed by atoms with Gasteiger partial charge in [-0.15, -0.1) is 11.3 Å². The molecule has 0 fully saturated rings. The first-order chi connectivity index (χ1) is 14.2. The van der Waals surface area contributed by atoms with Crippen molar-refractivity contribution in [3.05, 3.63) is 77.4 Å². The number of anilines is 1. The molecule has 0 aliphatic heterocycles. The Morgan fingerprint density at radius 2 is 1.86 bits per heavy atom. The fraction of sp³-hybridized carbons (Fsp3) is 0.136. The van der Waals surface area contributed by atoms with Gasteiger partial charge in [0.1, 0.15) is 5.75 Å². The second-order valence-corrected chi connectivity index (χ2v) is 7.32. The molecule has 29 heavy (non-hydrogen) atoms. The van der Waals surface area contributed by atoms with Crippen LogP contribution < -0.4 is 10.2 Å². The Kier molecular flexibility index (Phi) is 5.39. The zero-order chi connectivity index (χ0) is 20.2. The number of nitrogens with one attached hydrogen (secondary N) is 1. The van der Waals surface area contributed by atoms with Gasteiger partial charge in [-0.25, -0.2) is 9.67 Å². The monoisotopic (exact) mass is 403 g/mol. The van der Waals surface area contributed by atoms with Gasteiger partial charge < -0.3 is 4.74 Å². The maximum absolute atomic E-state index is 5.20. The molecule has 0 aliphatic carbocycles. The maximum atomic E-state index is 5.20. The second kappa shape index (κ2) is 8.28. The van der Waals surface area contributed by atoms with Gasteiger partial charge in [0, 0.05) is 16.5 Å². The van der Waals surface area contributed by atoms with Crippen molar-refractivity contribution in [1.29, 1.82) is 0 Å². The van der Waals surface area contributed by atoms with E-state index in [9.17, 15) is 0 Å². The number of thiazole rings is 1. The summed E-state index contributed by atoms with van der Waals surface area (Å²) >= 11 is 1.52. The topological polar surface area (TPSA) is 64.3 Å². The first-order valence-corrected chi connectivity index (χ1v) is 10.0. The third kappa shape index (κ3) is 4.05. The molecule has 0 aliphatic rings. The highest BCUT2D eigenvalue weighted by Crippen LogP contribution is 2.26. The van der Waals surface area contributed by atoms with Crippen LogP contribution in [0.2, 0.25) is 0 Å². The van der Waals surface area contributed by atoms with Crippen molar-refractivity contribution in [2.45, 2.75) is 13.8 Å². The van der Waals surface area contributed by atoms with Crippen molar-refractivity contribution in [2.75, 3.05) is 12.5 Å². The average molecular weight is 404 g/mol. The van der Waals surface area contributed by atoms with Gasteiger partial charge in [-0.3, -0.25) is 5.43 Å².